The highest BCUT2D eigenvalue weighted by Crippen LogP contribution is 2.13. The summed E-state index contributed by atoms with van der Waals surface area (Å²) in [7, 11) is 1.57. The molecular formula is C15H18FN3O2. The minimum absolute atomic E-state index is 0.0646. The van der Waals surface area contributed by atoms with Crippen molar-refractivity contribution in [1.82, 2.24) is 10.2 Å². The lowest BCUT2D eigenvalue weighted by molar-refractivity contribution is -0.124. The molecule has 6 heteroatoms. The van der Waals surface area contributed by atoms with E-state index in [2.05, 4.69) is 10.3 Å². The van der Waals surface area contributed by atoms with Gasteiger partial charge in [-0.3, -0.25) is 19.8 Å². The van der Waals surface area contributed by atoms with Crippen LogP contribution in [-0.4, -0.2) is 36.3 Å². The quantitative estimate of drug-likeness (QED) is 0.910. The van der Waals surface area contributed by atoms with Gasteiger partial charge in [0.25, 0.3) is 5.91 Å². The summed E-state index contributed by atoms with van der Waals surface area (Å²) in [6, 6.07) is 6.37. The second-order valence-electron chi connectivity index (χ2n) is 5.28. The summed E-state index contributed by atoms with van der Waals surface area (Å²) in [4.78, 5) is 28.5. The molecule has 0 saturated heterocycles. The summed E-state index contributed by atoms with van der Waals surface area (Å²) in [6.07, 6.45) is 0.907. The van der Waals surface area contributed by atoms with Crippen molar-refractivity contribution < 1.29 is 14.0 Å². The van der Waals surface area contributed by atoms with Crippen LogP contribution in [0.3, 0.4) is 0 Å². The molecule has 1 aromatic rings. The molecule has 0 radical (unpaired) electrons. The standard InChI is InChI=1S/C15H18FN3O2/c1-10(6-11-4-3-5-12(16)8-11)7-13(20)18-15-17-9-14(21)19(15)2/h3-5,8,10H,6-7,9H2,1-2H3,(H,17,18,20). The van der Waals surface area contributed by atoms with Crippen molar-refractivity contribution in [2.24, 2.45) is 10.9 Å². The molecule has 1 unspecified atom stereocenters. The van der Waals surface area contributed by atoms with Crippen LogP contribution in [0.25, 0.3) is 0 Å². The average Bonchev–Trinajstić information content (AvgIpc) is 2.70. The van der Waals surface area contributed by atoms with Gasteiger partial charge in [-0.05, 0) is 30.0 Å². The Balaban J connectivity index is 1.84. The summed E-state index contributed by atoms with van der Waals surface area (Å²) < 4.78 is 13.1. The largest absolute Gasteiger partial charge is 0.296 e. The maximum absolute atomic E-state index is 13.1. The predicted molar refractivity (Wildman–Crippen MR) is 77.1 cm³/mol. The van der Waals surface area contributed by atoms with Crippen LogP contribution < -0.4 is 5.32 Å². The highest BCUT2D eigenvalue weighted by Gasteiger charge is 2.23. The predicted octanol–water partition coefficient (Wildman–Crippen LogP) is 1.34. The Morgan fingerprint density at radius 3 is 2.90 bits per heavy atom. The first-order valence-corrected chi connectivity index (χ1v) is 6.81. The SMILES string of the molecule is CC(CC(=O)NC1=NCC(=O)N1C)Cc1cccc(F)c1. The van der Waals surface area contributed by atoms with Crippen LogP contribution in [0, 0.1) is 11.7 Å². The monoisotopic (exact) mass is 291 g/mol. The fraction of sp³-hybridized carbons (Fsp3) is 0.400. The minimum atomic E-state index is -0.274. The molecular weight excluding hydrogens is 273 g/mol. The number of amides is 2. The molecule has 1 aromatic carbocycles. The van der Waals surface area contributed by atoms with Crippen LogP contribution in [0.1, 0.15) is 18.9 Å². The number of hydrogen-bond acceptors (Lipinski definition) is 3. The molecule has 1 aliphatic heterocycles. The molecule has 5 nitrogen and oxygen atoms in total. The van der Waals surface area contributed by atoms with Gasteiger partial charge in [-0.15, -0.1) is 0 Å². The maximum atomic E-state index is 13.1. The van der Waals surface area contributed by atoms with Crippen molar-refractivity contribution in [2.75, 3.05) is 13.6 Å². The molecule has 1 aliphatic rings. The molecule has 21 heavy (non-hydrogen) atoms. The number of carbonyl (C=O) groups excluding carboxylic acids is 2. The summed E-state index contributed by atoms with van der Waals surface area (Å²) >= 11 is 0. The van der Waals surface area contributed by atoms with E-state index in [1.165, 1.54) is 17.0 Å². The van der Waals surface area contributed by atoms with Gasteiger partial charge in [-0.25, -0.2) is 9.38 Å². The van der Waals surface area contributed by atoms with Gasteiger partial charge in [-0.1, -0.05) is 19.1 Å². The van der Waals surface area contributed by atoms with Crippen molar-refractivity contribution in [1.29, 1.82) is 0 Å². The smallest absolute Gasteiger partial charge is 0.250 e. The minimum Gasteiger partial charge on any atom is -0.296 e. The van der Waals surface area contributed by atoms with Crippen LogP contribution in [0.5, 0.6) is 0 Å². The Labute approximate surface area is 122 Å². The van der Waals surface area contributed by atoms with Crippen molar-refractivity contribution in [3.8, 4) is 0 Å². The lowest BCUT2D eigenvalue weighted by Crippen LogP contribution is -2.41. The molecule has 0 aromatic heterocycles. The molecule has 1 N–H and O–H groups in total. The van der Waals surface area contributed by atoms with Gasteiger partial charge in [0, 0.05) is 13.5 Å². The Bertz CT molecular complexity index is 586. The fourth-order valence-electron chi connectivity index (χ4n) is 2.23. The van der Waals surface area contributed by atoms with Crippen LogP contribution in [0.15, 0.2) is 29.3 Å². The highest BCUT2D eigenvalue weighted by molar-refractivity contribution is 6.08. The third kappa shape index (κ3) is 4.11. The van der Waals surface area contributed by atoms with Crippen molar-refractivity contribution in [3.63, 3.8) is 0 Å². The second kappa shape index (κ2) is 6.47. The van der Waals surface area contributed by atoms with Crippen molar-refractivity contribution in [2.45, 2.75) is 19.8 Å². The van der Waals surface area contributed by atoms with Crippen molar-refractivity contribution >= 4 is 17.8 Å². The fourth-order valence-corrected chi connectivity index (χ4v) is 2.23. The number of benzene rings is 1. The number of carbonyl (C=O) groups is 2. The summed E-state index contributed by atoms with van der Waals surface area (Å²) in [6.45, 7) is 2.00. The summed E-state index contributed by atoms with van der Waals surface area (Å²) in [5.41, 5.74) is 0.862. The Morgan fingerprint density at radius 2 is 2.29 bits per heavy atom. The first-order chi connectivity index (χ1) is 9.95. The molecule has 0 bridgehead atoms. The van der Waals surface area contributed by atoms with Crippen molar-refractivity contribution in [3.05, 3.63) is 35.6 Å². The number of likely N-dealkylation sites (N-methyl/N-ethyl adjacent to an activating group) is 1. The topological polar surface area (TPSA) is 61.8 Å². The number of hydrogen-bond donors (Lipinski definition) is 1. The maximum Gasteiger partial charge on any atom is 0.250 e. The Morgan fingerprint density at radius 1 is 1.52 bits per heavy atom. The zero-order chi connectivity index (χ0) is 15.4. The van der Waals surface area contributed by atoms with E-state index in [4.69, 9.17) is 0 Å². The number of rotatable bonds is 4. The molecule has 0 spiro atoms. The van der Waals surface area contributed by atoms with E-state index in [0.717, 1.165) is 5.56 Å². The second-order valence-corrected chi connectivity index (χ2v) is 5.28. The van der Waals surface area contributed by atoms with Gasteiger partial charge < -0.3 is 0 Å². The van der Waals surface area contributed by atoms with E-state index in [0.29, 0.717) is 12.4 Å². The van der Waals surface area contributed by atoms with E-state index in [9.17, 15) is 14.0 Å². The third-order valence-corrected chi connectivity index (χ3v) is 3.31. The zero-order valence-electron chi connectivity index (χ0n) is 12.1. The number of nitrogens with zero attached hydrogens (tertiary/aromatic N) is 2. The van der Waals surface area contributed by atoms with Gasteiger partial charge in [0.1, 0.15) is 12.4 Å². The number of halogens is 1. The molecule has 2 rings (SSSR count). The average molecular weight is 291 g/mol. The molecule has 112 valence electrons. The number of nitrogens with one attached hydrogen (secondary N) is 1. The van der Waals surface area contributed by atoms with Crippen LogP contribution in [0.4, 0.5) is 4.39 Å². The third-order valence-electron chi connectivity index (χ3n) is 3.31. The van der Waals surface area contributed by atoms with E-state index in [1.807, 2.05) is 13.0 Å². The normalized spacial score (nSPS) is 15.9. The number of guanidine groups is 1. The van der Waals surface area contributed by atoms with Crippen LogP contribution >= 0.6 is 0 Å². The molecule has 1 atom stereocenters. The van der Waals surface area contributed by atoms with E-state index < -0.39 is 0 Å². The summed E-state index contributed by atoms with van der Waals surface area (Å²) in [5, 5.41) is 2.63. The lowest BCUT2D eigenvalue weighted by Gasteiger charge is -2.15. The highest BCUT2D eigenvalue weighted by atomic mass is 19.1. The van der Waals surface area contributed by atoms with Gasteiger partial charge in [0.2, 0.25) is 11.9 Å². The van der Waals surface area contributed by atoms with Gasteiger partial charge in [-0.2, -0.15) is 0 Å². The summed E-state index contributed by atoms with van der Waals surface area (Å²) in [5.74, 6) is -0.250. The van der Waals surface area contributed by atoms with Gasteiger partial charge >= 0.3 is 0 Å². The lowest BCUT2D eigenvalue weighted by atomic mass is 9.98. The van der Waals surface area contributed by atoms with Crippen LogP contribution in [-0.2, 0) is 16.0 Å². The van der Waals surface area contributed by atoms with Crippen LogP contribution in [0.2, 0.25) is 0 Å². The Hall–Kier alpha value is -2.24. The molecule has 0 fully saturated rings. The first-order valence-electron chi connectivity index (χ1n) is 6.81. The molecule has 0 aliphatic carbocycles. The molecule has 0 saturated carbocycles. The van der Waals surface area contributed by atoms with Gasteiger partial charge in [0.15, 0.2) is 0 Å². The van der Waals surface area contributed by atoms with E-state index in [1.54, 1.807) is 13.1 Å². The first kappa shape index (κ1) is 15.2. The van der Waals surface area contributed by atoms with Gasteiger partial charge in [0.05, 0.1) is 0 Å². The molecule has 1 heterocycles. The zero-order valence-corrected chi connectivity index (χ0v) is 12.1. The van der Waals surface area contributed by atoms with E-state index >= 15 is 0 Å². The number of aliphatic imine (C=N–C) groups is 1. The van der Waals surface area contributed by atoms with E-state index in [-0.39, 0.29) is 36.5 Å². The Kier molecular flexibility index (Phi) is 4.67. The molecule has 2 amide bonds.